The van der Waals surface area contributed by atoms with Crippen molar-refractivity contribution in [2.24, 2.45) is 10.8 Å². The molecule has 0 fully saturated rings. The minimum atomic E-state index is -1.16. The summed E-state index contributed by atoms with van der Waals surface area (Å²) in [5.74, 6) is -2.51. The Bertz CT molecular complexity index is 803. The first kappa shape index (κ1) is 12.0. The summed E-state index contributed by atoms with van der Waals surface area (Å²) in [6, 6.07) is 10.8. The lowest BCUT2D eigenvalue weighted by molar-refractivity contribution is -0.137. The zero-order chi connectivity index (χ0) is 14.3. The largest absolute Gasteiger partial charge is 0.361 e. The summed E-state index contributed by atoms with van der Waals surface area (Å²) in [5.41, 5.74) is 8.06. The van der Waals surface area contributed by atoms with Crippen molar-refractivity contribution in [3.8, 4) is 0 Å². The highest BCUT2D eigenvalue weighted by Crippen LogP contribution is 2.30. The molecule has 0 saturated heterocycles. The normalized spacial score (nSPS) is 14.8. The van der Waals surface area contributed by atoms with Crippen molar-refractivity contribution in [2.75, 3.05) is 0 Å². The number of benzene rings is 2. The maximum atomic E-state index is 12.3. The van der Waals surface area contributed by atoms with E-state index in [1.165, 1.54) is 0 Å². The number of ketones is 1. The van der Waals surface area contributed by atoms with Crippen LogP contribution >= 0.6 is 0 Å². The molecule has 0 saturated carbocycles. The van der Waals surface area contributed by atoms with E-state index in [9.17, 15) is 14.4 Å². The van der Waals surface area contributed by atoms with Gasteiger partial charge in [-0.3, -0.25) is 14.4 Å². The van der Waals surface area contributed by atoms with E-state index in [1.807, 2.05) is 17.6 Å². The van der Waals surface area contributed by atoms with Crippen LogP contribution in [0.4, 0.5) is 0 Å². The third kappa shape index (κ3) is 1.66. The molecule has 2 aromatic carbocycles. The Morgan fingerprint density at radius 3 is 2.35 bits per heavy atom. The molecule has 3 N–H and O–H groups in total. The van der Waals surface area contributed by atoms with Gasteiger partial charge >= 0.3 is 11.8 Å². The van der Waals surface area contributed by atoms with Crippen molar-refractivity contribution in [3.63, 3.8) is 0 Å². The molecule has 6 heteroatoms. The topological polar surface area (TPSA) is 102 Å². The van der Waals surface area contributed by atoms with E-state index < -0.39 is 11.8 Å². The highest BCUT2D eigenvalue weighted by Gasteiger charge is 2.29. The molecule has 1 aliphatic rings. The third-order valence-corrected chi connectivity index (χ3v) is 3.11. The van der Waals surface area contributed by atoms with Crippen LogP contribution in [0.2, 0.25) is 0 Å². The molecular weight excluding hydrogens is 258 g/mol. The van der Waals surface area contributed by atoms with Gasteiger partial charge < -0.3 is 5.73 Å². The average molecular weight is 267 g/mol. The van der Waals surface area contributed by atoms with Gasteiger partial charge in [-0.2, -0.15) is 5.10 Å². The highest BCUT2D eigenvalue weighted by atomic mass is 16.2. The summed E-state index contributed by atoms with van der Waals surface area (Å²) in [5, 5.41) is 5.45. The average Bonchev–Trinajstić information content (AvgIpc) is 2.72. The number of Topliss-reactive ketones (excluding diaryl/α,β-unsaturated/α-hetero) is 1. The fourth-order valence-electron chi connectivity index (χ4n) is 2.25. The molecule has 3 rings (SSSR count). The number of nitrogens with zero attached hydrogens (tertiary/aromatic N) is 1. The van der Waals surface area contributed by atoms with Crippen LogP contribution in [0.1, 0.15) is 15.9 Å². The van der Waals surface area contributed by atoms with E-state index in [-0.39, 0.29) is 11.5 Å². The van der Waals surface area contributed by atoms with Crippen molar-refractivity contribution in [2.45, 2.75) is 0 Å². The first-order valence-electron chi connectivity index (χ1n) is 5.84. The first-order chi connectivity index (χ1) is 9.59. The lowest BCUT2D eigenvalue weighted by Crippen LogP contribution is -2.34. The lowest BCUT2D eigenvalue weighted by Gasteiger charge is -1.99. The molecule has 0 bridgehead atoms. The van der Waals surface area contributed by atoms with Crippen LogP contribution in [0.3, 0.4) is 0 Å². The minimum Gasteiger partial charge on any atom is -0.361 e. The van der Waals surface area contributed by atoms with Gasteiger partial charge in [0.15, 0.2) is 0 Å². The zero-order valence-electron chi connectivity index (χ0n) is 10.2. The number of nitrogens with two attached hydrogens (primary N) is 1. The predicted molar refractivity (Wildman–Crippen MR) is 72.2 cm³/mol. The van der Waals surface area contributed by atoms with Gasteiger partial charge in [0.2, 0.25) is 5.78 Å². The predicted octanol–water partition coefficient (Wildman–Crippen LogP) is 0.342. The summed E-state index contributed by atoms with van der Waals surface area (Å²) in [7, 11) is 0. The summed E-state index contributed by atoms with van der Waals surface area (Å²) in [4.78, 5) is 34.0. The van der Waals surface area contributed by atoms with Gasteiger partial charge in [-0.15, -0.1) is 0 Å². The number of primary amides is 1. The van der Waals surface area contributed by atoms with Crippen molar-refractivity contribution in [1.29, 1.82) is 0 Å². The second kappa shape index (κ2) is 4.27. The van der Waals surface area contributed by atoms with Crippen molar-refractivity contribution in [3.05, 3.63) is 47.5 Å². The number of hydrogen-bond donors (Lipinski definition) is 2. The van der Waals surface area contributed by atoms with Crippen LogP contribution in [-0.2, 0) is 9.59 Å². The molecule has 20 heavy (non-hydrogen) atoms. The Balaban J connectivity index is 2.11. The maximum Gasteiger partial charge on any atom is 0.329 e. The molecule has 0 heterocycles. The van der Waals surface area contributed by atoms with Gasteiger partial charge in [-0.25, -0.2) is 5.43 Å². The molecule has 0 aromatic heterocycles. The van der Waals surface area contributed by atoms with E-state index in [1.54, 1.807) is 24.3 Å². The Labute approximate surface area is 113 Å². The molecule has 0 unspecified atom stereocenters. The number of nitrogens with one attached hydrogen (secondary N) is 1. The van der Waals surface area contributed by atoms with Crippen molar-refractivity contribution in [1.82, 2.24) is 5.43 Å². The number of amides is 2. The minimum absolute atomic E-state index is 0.103. The van der Waals surface area contributed by atoms with Gasteiger partial charge in [-0.05, 0) is 5.39 Å². The summed E-state index contributed by atoms with van der Waals surface area (Å²) in [6.07, 6.45) is 0. The van der Waals surface area contributed by atoms with Crippen molar-refractivity contribution < 1.29 is 14.4 Å². The van der Waals surface area contributed by atoms with Crippen molar-refractivity contribution >= 4 is 34.1 Å². The Hall–Kier alpha value is -3.02. The molecule has 2 aromatic rings. The number of hydrogen-bond acceptors (Lipinski definition) is 4. The van der Waals surface area contributed by atoms with Gasteiger partial charge in [-0.1, -0.05) is 36.4 Å². The number of hydrazone groups is 1. The number of rotatable bonds is 1. The standard InChI is InChI=1S/C14H9N3O3/c15-13(19)14(20)17-16-11-8-5-1-3-7-4-2-6-9(10(7)8)12(11)18/h1-6H,(H2,15,19)(H,17,20)/b16-11+. The van der Waals surface area contributed by atoms with E-state index >= 15 is 0 Å². The second-order valence-electron chi connectivity index (χ2n) is 4.30. The lowest BCUT2D eigenvalue weighted by atomic mass is 10.1. The molecule has 98 valence electrons. The van der Waals surface area contributed by atoms with Gasteiger partial charge in [0.05, 0.1) is 0 Å². The van der Waals surface area contributed by atoms with Gasteiger partial charge in [0.25, 0.3) is 0 Å². The van der Waals surface area contributed by atoms with E-state index in [4.69, 9.17) is 5.73 Å². The number of carbonyl (C=O) groups excluding carboxylic acids is 3. The fraction of sp³-hybridized carbons (Fsp3) is 0. The Kier molecular flexibility index (Phi) is 2.57. The third-order valence-electron chi connectivity index (χ3n) is 3.11. The maximum absolute atomic E-state index is 12.3. The van der Waals surface area contributed by atoms with E-state index in [2.05, 4.69) is 5.10 Å². The molecule has 0 aliphatic heterocycles. The van der Waals surface area contributed by atoms with Crippen LogP contribution in [0, 0.1) is 0 Å². The van der Waals surface area contributed by atoms with Crippen LogP contribution in [0.15, 0.2) is 41.5 Å². The Morgan fingerprint density at radius 2 is 1.70 bits per heavy atom. The summed E-state index contributed by atoms with van der Waals surface area (Å²) < 4.78 is 0. The molecular formula is C14H9N3O3. The molecule has 0 atom stereocenters. The van der Waals surface area contributed by atoms with E-state index in [0.29, 0.717) is 11.1 Å². The number of carbonyl (C=O) groups is 3. The van der Waals surface area contributed by atoms with Gasteiger partial charge in [0, 0.05) is 16.5 Å². The molecule has 6 nitrogen and oxygen atoms in total. The van der Waals surface area contributed by atoms with Gasteiger partial charge in [0.1, 0.15) is 5.71 Å². The van der Waals surface area contributed by atoms with Crippen LogP contribution in [0.25, 0.3) is 10.8 Å². The second-order valence-corrected chi connectivity index (χ2v) is 4.30. The quantitative estimate of drug-likeness (QED) is 0.575. The van der Waals surface area contributed by atoms with E-state index in [0.717, 1.165) is 10.8 Å². The molecule has 0 spiro atoms. The van der Waals surface area contributed by atoms with Crippen LogP contribution in [-0.4, -0.2) is 23.3 Å². The zero-order valence-corrected chi connectivity index (χ0v) is 10.2. The Morgan fingerprint density at radius 1 is 1.05 bits per heavy atom. The summed E-state index contributed by atoms with van der Waals surface area (Å²) in [6.45, 7) is 0. The van der Waals surface area contributed by atoms with Crippen LogP contribution < -0.4 is 11.2 Å². The fourth-order valence-corrected chi connectivity index (χ4v) is 2.25. The molecule has 0 radical (unpaired) electrons. The molecule has 2 amide bonds. The highest BCUT2D eigenvalue weighted by molar-refractivity contribution is 6.59. The summed E-state index contributed by atoms with van der Waals surface area (Å²) >= 11 is 0. The first-order valence-corrected chi connectivity index (χ1v) is 5.84. The SMILES string of the molecule is NC(=O)C(=O)N/N=C1/C(=O)c2cccc3cccc1c23. The smallest absolute Gasteiger partial charge is 0.329 e. The van der Waals surface area contributed by atoms with Crippen LogP contribution in [0.5, 0.6) is 0 Å². The monoisotopic (exact) mass is 267 g/mol. The molecule has 1 aliphatic carbocycles.